The summed E-state index contributed by atoms with van der Waals surface area (Å²) in [6.45, 7) is 5.69. The van der Waals surface area contributed by atoms with Gasteiger partial charge in [0.25, 0.3) is 0 Å². The van der Waals surface area contributed by atoms with Crippen molar-refractivity contribution in [1.29, 1.82) is 0 Å². The monoisotopic (exact) mass is 213 g/mol. The van der Waals surface area contributed by atoms with Gasteiger partial charge in [0.15, 0.2) is 5.13 Å². The summed E-state index contributed by atoms with van der Waals surface area (Å²) >= 11 is 1.49. The van der Waals surface area contributed by atoms with Crippen LogP contribution in [0.2, 0.25) is 0 Å². The fourth-order valence-electron chi connectivity index (χ4n) is 1.03. The molecule has 4 nitrogen and oxygen atoms in total. The predicted molar refractivity (Wildman–Crippen MR) is 58.5 cm³/mol. The number of carbonyl (C=O) groups excluding carboxylic acids is 1. The Labute approximate surface area is 87.5 Å². The van der Waals surface area contributed by atoms with Crippen LogP contribution in [0.15, 0.2) is 0 Å². The lowest BCUT2D eigenvalue weighted by Crippen LogP contribution is -2.32. The molecule has 1 rings (SSSR count). The number of nitrogens with zero attached hydrogens (tertiary/aromatic N) is 1. The largest absolute Gasteiger partial charge is 0.320 e. The van der Waals surface area contributed by atoms with Crippen molar-refractivity contribution in [2.45, 2.75) is 33.2 Å². The first-order chi connectivity index (χ1) is 6.54. The minimum atomic E-state index is -0.496. The number of rotatable bonds is 3. The van der Waals surface area contributed by atoms with Gasteiger partial charge >= 0.3 is 0 Å². The van der Waals surface area contributed by atoms with Crippen LogP contribution in [0.1, 0.15) is 24.4 Å². The molecule has 14 heavy (non-hydrogen) atoms. The van der Waals surface area contributed by atoms with Crippen LogP contribution in [0.25, 0.3) is 0 Å². The molecule has 1 aromatic rings. The lowest BCUT2D eigenvalue weighted by atomic mass is 10.3. The van der Waals surface area contributed by atoms with Crippen molar-refractivity contribution >= 4 is 22.4 Å². The van der Waals surface area contributed by atoms with Gasteiger partial charge in [0.2, 0.25) is 5.91 Å². The zero-order valence-electron chi connectivity index (χ0n) is 8.63. The molecule has 0 aliphatic carbocycles. The highest BCUT2D eigenvalue weighted by molar-refractivity contribution is 7.15. The van der Waals surface area contributed by atoms with Crippen molar-refractivity contribution in [2.75, 3.05) is 5.32 Å². The molecule has 78 valence electrons. The molecule has 0 fully saturated rings. The molecule has 0 radical (unpaired) electrons. The van der Waals surface area contributed by atoms with Crippen LogP contribution >= 0.6 is 11.3 Å². The van der Waals surface area contributed by atoms with Crippen LogP contribution in [0.5, 0.6) is 0 Å². The van der Waals surface area contributed by atoms with Gasteiger partial charge in [-0.15, -0.1) is 11.3 Å². The van der Waals surface area contributed by atoms with Crippen molar-refractivity contribution < 1.29 is 4.79 Å². The van der Waals surface area contributed by atoms with Crippen LogP contribution in [-0.2, 0) is 11.2 Å². The summed E-state index contributed by atoms with van der Waals surface area (Å²) < 4.78 is 0. The molecule has 0 spiro atoms. The Morgan fingerprint density at radius 1 is 1.71 bits per heavy atom. The summed E-state index contributed by atoms with van der Waals surface area (Å²) in [5, 5.41) is 3.32. The Bertz CT molecular complexity index is 333. The Balaban J connectivity index is 2.73. The highest BCUT2D eigenvalue weighted by Gasteiger charge is 2.11. The van der Waals surface area contributed by atoms with E-state index in [-0.39, 0.29) is 5.91 Å². The van der Waals surface area contributed by atoms with E-state index in [2.05, 4.69) is 10.3 Å². The number of anilines is 1. The fraction of sp³-hybridized carbons (Fsp3) is 0.556. The van der Waals surface area contributed by atoms with Gasteiger partial charge in [-0.3, -0.25) is 4.79 Å². The van der Waals surface area contributed by atoms with E-state index in [1.807, 2.05) is 13.8 Å². The first kappa shape index (κ1) is 11.1. The summed E-state index contributed by atoms with van der Waals surface area (Å²) in [6.07, 6.45) is 0.885. The lowest BCUT2D eigenvalue weighted by Gasteiger charge is -2.03. The zero-order chi connectivity index (χ0) is 10.7. The van der Waals surface area contributed by atoms with Gasteiger partial charge in [0.1, 0.15) is 0 Å². The number of carbonyl (C=O) groups is 1. The summed E-state index contributed by atoms with van der Waals surface area (Å²) in [5.74, 6) is -0.193. The highest BCUT2D eigenvalue weighted by Crippen LogP contribution is 2.22. The van der Waals surface area contributed by atoms with Crippen molar-refractivity contribution in [3.05, 3.63) is 10.6 Å². The third kappa shape index (κ3) is 2.52. The number of aromatic nitrogens is 1. The summed E-state index contributed by atoms with van der Waals surface area (Å²) in [5.41, 5.74) is 6.46. The zero-order valence-corrected chi connectivity index (χ0v) is 9.44. The molecule has 1 aromatic heterocycles. The molecular weight excluding hydrogens is 198 g/mol. The molecule has 3 N–H and O–H groups in total. The van der Waals surface area contributed by atoms with Crippen molar-refractivity contribution in [3.63, 3.8) is 0 Å². The number of thiazole rings is 1. The van der Waals surface area contributed by atoms with E-state index in [1.165, 1.54) is 11.3 Å². The van der Waals surface area contributed by atoms with E-state index in [9.17, 15) is 4.79 Å². The molecule has 0 unspecified atom stereocenters. The third-order valence-corrected chi connectivity index (χ3v) is 2.80. The van der Waals surface area contributed by atoms with Crippen LogP contribution in [-0.4, -0.2) is 16.9 Å². The molecule has 0 saturated heterocycles. The summed E-state index contributed by atoms with van der Waals surface area (Å²) in [4.78, 5) is 16.7. The van der Waals surface area contributed by atoms with Gasteiger partial charge in [-0.25, -0.2) is 4.98 Å². The molecular formula is C9H15N3OS. The molecule has 1 heterocycles. The van der Waals surface area contributed by atoms with Crippen molar-refractivity contribution in [3.8, 4) is 0 Å². The number of nitrogens with one attached hydrogen (secondary N) is 1. The maximum Gasteiger partial charge on any atom is 0.242 e. The van der Waals surface area contributed by atoms with Crippen LogP contribution in [0.3, 0.4) is 0 Å². The highest BCUT2D eigenvalue weighted by atomic mass is 32.1. The van der Waals surface area contributed by atoms with Crippen LogP contribution < -0.4 is 11.1 Å². The maximum atomic E-state index is 11.3. The van der Waals surface area contributed by atoms with Gasteiger partial charge in [0.05, 0.1) is 11.7 Å². The van der Waals surface area contributed by atoms with Gasteiger partial charge in [-0.1, -0.05) is 6.92 Å². The normalized spacial score (nSPS) is 12.6. The van der Waals surface area contributed by atoms with Gasteiger partial charge in [0, 0.05) is 4.88 Å². The van der Waals surface area contributed by atoms with E-state index in [0.717, 1.165) is 17.0 Å². The minimum Gasteiger partial charge on any atom is -0.320 e. The smallest absolute Gasteiger partial charge is 0.242 e. The summed E-state index contributed by atoms with van der Waals surface area (Å²) in [6, 6.07) is -0.496. The second kappa shape index (κ2) is 4.52. The third-order valence-electron chi connectivity index (χ3n) is 1.87. The van der Waals surface area contributed by atoms with E-state index in [0.29, 0.717) is 5.13 Å². The van der Waals surface area contributed by atoms with E-state index < -0.39 is 6.04 Å². The van der Waals surface area contributed by atoms with Crippen molar-refractivity contribution in [2.24, 2.45) is 5.73 Å². The number of hydrogen-bond donors (Lipinski definition) is 2. The lowest BCUT2D eigenvalue weighted by molar-refractivity contribution is -0.117. The fourth-order valence-corrected chi connectivity index (χ4v) is 1.93. The topological polar surface area (TPSA) is 68.0 Å². The van der Waals surface area contributed by atoms with Gasteiger partial charge < -0.3 is 11.1 Å². The van der Waals surface area contributed by atoms with E-state index in [4.69, 9.17) is 5.73 Å². The first-order valence-corrected chi connectivity index (χ1v) is 5.39. The number of aryl methyl sites for hydroxylation is 2. The Morgan fingerprint density at radius 2 is 2.36 bits per heavy atom. The second-order valence-corrected chi connectivity index (χ2v) is 4.36. The molecule has 0 aromatic carbocycles. The Morgan fingerprint density at radius 3 is 2.79 bits per heavy atom. The van der Waals surface area contributed by atoms with E-state index >= 15 is 0 Å². The maximum absolute atomic E-state index is 11.3. The van der Waals surface area contributed by atoms with Crippen molar-refractivity contribution in [1.82, 2.24) is 4.98 Å². The van der Waals surface area contributed by atoms with Crippen LogP contribution in [0, 0.1) is 6.92 Å². The average Bonchev–Trinajstić information content (AvgIpc) is 2.45. The SMILES string of the molecule is CCc1nc(NC(=O)[C@@H](C)N)sc1C. The number of amides is 1. The second-order valence-electron chi connectivity index (χ2n) is 3.15. The predicted octanol–water partition coefficient (Wildman–Crippen LogP) is 1.30. The molecule has 1 atom stereocenters. The standard InChI is InChI=1S/C9H15N3OS/c1-4-7-6(3)14-9(11-7)12-8(13)5(2)10/h5H,4,10H2,1-3H3,(H,11,12,13)/t5-/m1/s1. The van der Waals surface area contributed by atoms with E-state index in [1.54, 1.807) is 6.92 Å². The molecule has 0 bridgehead atoms. The average molecular weight is 213 g/mol. The quantitative estimate of drug-likeness (QED) is 0.795. The number of hydrogen-bond acceptors (Lipinski definition) is 4. The Kier molecular flexibility index (Phi) is 3.60. The van der Waals surface area contributed by atoms with Gasteiger partial charge in [-0.2, -0.15) is 0 Å². The number of nitrogens with two attached hydrogens (primary N) is 1. The molecule has 1 amide bonds. The first-order valence-electron chi connectivity index (χ1n) is 4.57. The van der Waals surface area contributed by atoms with Gasteiger partial charge in [-0.05, 0) is 20.3 Å². The Hall–Kier alpha value is -0.940. The minimum absolute atomic E-state index is 0.193. The molecule has 0 saturated carbocycles. The molecule has 0 aliphatic heterocycles. The van der Waals surface area contributed by atoms with Crippen LogP contribution in [0.4, 0.5) is 5.13 Å². The molecule has 0 aliphatic rings. The molecule has 5 heteroatoms. The summed E-state index contributed by atoms with van der Waals surface area (Å²) in [7, 11) is 0.